The van der Waals surface area contributed by atoms with E-state index in [0.717, 1.165) is 17.3 Å². The van der Waals surface area contributed by atoms with Crippen LogP contribution in [0.4, 0.5) is 0 Å². The lowest BCUT2D eigenvalue weighted by Crippen LogP contribution is -2.58. The van der Waals surface area contributed by atoms with Crippen LogP contribution >= 0.6 is 0 Å². The summed E-state index contributed by atoms with van der Waals surface area (Å²) in [6.45, 7) is 2.13. The summed E-state index contributed by atoms with van der Waals surface area (Å²) >= 11 is 0. The van der Waals surface area contributed by atoms with Crippen LogP contribution in [0.2, 0.25) is 0 Å². The number of unbranched alkanes of at least 4 members (excludes halogenated alkanes) is 2. The second-order valence-corrected chi connectivity index (χ2v) is 9.93. The molecular formula is C27H43N7O6. The van der Waals surface area contributed by atoms with E-state index >= 15 is 0 Å². The Morgan fingerprint density at radius 3 is 2.10 bits per heavy atom. The molecule has 0 aliphatic rings. The second-order valence-electron chi connectivity index (χ2n) is 9.93. The zero-order chi connectivity index (χ0) is 29.7. The van der Waals surface area contributed by atoms with Crippen LogP contribution in [0.3, 0.4) is 0 Å². The zero-order valence-electron chi connectivity index (χ0n) is 22.9. The number of aliphatic hydroxyl groups is 1. The highest BCUT2D eigenvalue weighted by atomic mass is 16.4. The van der Waals surface area contributed by atoms with Crippen molar-refractivity contribution >= 4 is 34.6 Å². The maximum Gasteiger partial charge on any atom is 0.328 e. The number of amides is 3. The van der Waals surface area contributed by atoms with Gasteiger partial charge in [-0.3, -0.25) is 14.4 Å². The van der Waals surface area contributed by atoms with E-state index in [4.69, 9.17) is 17.2 Å². The Bertz CT molecular complexity index is 1120. The van der Waals surface area contributed by atoms with Crippen molar-refractivity contribution in [3.63, 3.8) is 0 Å². The fourth-order valence-electron chi connectivity index (χ4n) is 4.32. The summed E-state index contributed by atoms with van der Waals surface area (Å²) in [5.41, 5.74) is 18.7. The fraction of sp³-hybridized carbons (Fsp3) is 0.556. The summed E-state index contributed by atoms with van der Waals surface area (Å²) in [6, 6.07) is 2.79. The molecule has 40 heavy (non-hydrogen) atoms. The molecule has 0 aliphatic heterocycles. The summed E-state index contributed by atoms with van der Waals surface area (Å²) < 4.78 is 0. The number of hydrogen-bond acceptors (Lipinski definition) is 8. The number of nitrogens with two attached hydrogens (primary N) is 3. The molecule has 5 unspecified atom stereocenters. The molecule has 13 nitrogen and oxygen atoms in total. The summed E-state index contributed by atoms with van der Waals surface area (Å²) in [5.74, 6) is -3.33. The van der Waals surface area contributed by atoms with Gasteiger partial charge >= 0.3 is 5.97 Å². The molecule has 0 radical (unpaired) electrons. The Hall–Kier alpha value is -3.52. The van der Waals surface area contributed by atoms with Gasteiger partial charge in [-0.15, -0.1) is 0 Å². The van der Waals surface area contributed by atoms with Crippen molar-refractivity contribution in [3.8, 4) is 0 Å². The van der Waals surface area contributed by atoms with Crippen molar-refractivity contribution in [2.75, 3.05) is 13.1 Å². The monoisotopic (exact) mass is 561 g/mol. The molecule has 1 heterocycles. The Morgan fingerprint density at radius 1 is 0.875 bits per heavy atom. The van der Waals surface area contributed by atoms with Gasteiger partial charge in [0.25, 0.3) is 0 Å². The van der Waals surface area contributed by atoms with Gasteiger partial charge < -0.3 is 48.3 Å². The van der Waals surface area contributed by atoms with E-state index in [0.29, 0.717) is 44.3 Å². The van der Waals surface area contributed by atoms with Gasteiger partial charge in [0.2, 0.25) is 17.7 Å². The van der Waals surface area contributed by atoms with Crippen LogP contribution in [-0.4, -0.2) is 82.2 Å². The molecule has 1 aromatic carbocycles. The van der Waals surface area contributed by atoms with Crippen LogP contribution < -0.4 is 33.2 Å². The molecule has 0 aliphatic carbocycles. The van der Waals surface area contributed by atoms with Crippen molar-refractivity contribution < 1.29 is 29.4 Å². The van der Waals surface area contributed by atoms with E-state index in [-0.39, 0.29) is 12.8 Å². The molecule has 0 saturated heterocycles. The zero-order valence-corrected chi connectivity index (χ0v) is 22.9. The number of carbonyl (C=O) groups is 4. The molecule has 12 N–H and O–H groups in total. The summed E-state index contributed by atoms with van der Waals surface area (Å²) in [5, 5.41) is 27.8. The highest BCUT2D eigenvalue weighted by Gasteiger charge is 2.32. The molecule has 0 fully saturated rings. The van der Waals surface area contributed by atoms with Crippen LogP contribution in [0, 0.1) is 0 Å². The lowest BCUT2D eigenvalue weighted by atomic mass is 10.0. The number of benzene rings is 1. The number of carbonyl (C=O) groups excluding carboxylic acids is 3. The van der Waals surface area contributed by atoms with Gasteiger partial charge in [-0.25, -0.2) is 4.79 Å². The summed E-state index contributed by atoms with van der Waals surface area (Å²) in [7, 11) is 0. The summed E-state index contributed by atoms with van der Waals surface area (Å²) in [6.07, 6.45) is 3.56. The topological polar surface area (TPSA) is 239 Å². The van der Waals surface area contributed by atoms with Gasteiger partial charge in [-0.1, -0.05) is 24.6 Å². The third-order valence-corrected chi connectivity index (χ3v) is 6.66. The number of aliphatic hydroxyl groups excluding tert-OH is 1. The number of fused-ring (bicyclic) bond motifs is 1. The van der Waals surface area contributed by atoms with Crippen molar-refractivity contribution in [1.82, 2.24) is 20.9 Å². The van der Waals surface area contributed by atoms with Crippen molar-refractivity contribution in [2.45, 2.75) is 82.1 Å². The third kappa shape index (κ3) is 9.90. The van der Waals surface area contributed by atoms with E-state index in [1.807, 2.05) is 24.3 Å². The van der Waals surface area contributed by atoms with E-state index in [2.05, 4.69) is 20.9 Å². The first-order valence-electron chi connectivity index (χ1n) is 13.6. The number of hydrogen-bond donors (Lipinski definition) is 9. The van der Waals surface area contributed by atoms with Crippen LogP contribution in [-0.2, 0) is 25.6 Å². The SMILES string of the molecule is CC(O)C(NC(=O)C(Cc1c[nH]c2ccccc12)NC(=O)C(CCCCN)NC(=O)C(N)CCCCN)C(=O)O. The minimum absolute atomic E-state index is 0.0236. The molecule has 5 atom stereocenters. The molecule has 2 rings (SSSR count). The largest absolute Gasteiger partial charge is 0.480 e. The number of nitrogens with one attached hydrogen (secondary N) is 4. The maximum absolute atomic E-state index is 13.4. The minimum atomic E-state index is -1.58. The smallest absolute Gasteiger partial charge is 0.328 e. The molecule has 2 aromatic rings. The van der Waals surface area contributed by atoms with Crippen LogP contribution in [0.1, 0.15) is 51.0 Å². The quantitative estimate of drug-likeness (QED) is 0.104. The van der Waals surface area contributed by atoms with E-state index in [9.17, 15) is 29.4 Å². The Balaban J connectivity index is 2.28. The lowest BCUT2D eigenvalue weighted by molar-refractivity contribution is -0.145. The van der Waals surface area contributed by atoms with E-state index < -0.39 is 54.0 Å². The number of aliphatic carboxylic acids is 1. The lowest BCUT2D eigenvalue weighted by Gasteiger charge is -2.26. The predicted molar refractivity (Wildman–Crippen MR) is 151 cm³/mol. The van der Waals surface area contributed by atoms with Crippen LogP contribution in [0.5, 0.6) is 0 Å². The molecule has 0 bridgehead atoms. The molecule has 0 saturated carbocycles. The molecule has 13 heteroatoms. The average molecular weight is 562 g/mol. The number of rotatable bonds is 18. The maximum atomic E-state index is 13.4. The minimum Gasteiger partial charge on any atom is -0.480 e. The number of carboxylic acid groups (broad SMARTS) is 1. The molecule has 1 aromatic heterocycles. The normalized spacial score (nSPS) is 15.0. The van der Waals surface area contributed by atoms with Crippen LogP contribution in [0.15, 0.2) is 30.5 Å². The summed E-state index contributed by atoms with van der Waals surface area (Å²) in [4.78, 5) is 54.2. The van der Waals surface area contributed by atoms with Crippen molar-refractivity contribution in [1.29, 1.82) is 0 Å². The van der Waals surface area contributed by atoms with Gasteiger partial charge in [0.15, 0.2) is 6.04 Å². The first-order chi connectivity index (χ1) is 19.1. The first kappa shape index (κ1) is 32.7. The van der Waals surface area contributed by atoms with Crippen molar-refractivity contribution in [3.05, 3.63) is 36.0 Å². The standard InChI is InChI=1S/C27H43N7O6/c1-16(35)23(27(39)40)34-26(38)22(14-17-15-31-20-10-3-2-8-18(17)20)33-25(37)21(11-5-7-13-29)32-24(36)19(30)9-4-6-12-28/h2-3,8,10,15-16,19,21-23,31,35H,4-7,9,11-14,28-30H2,1H3,(H,32,36)(H,33,37)(H,34,38)(H,39,40). The molecule has 3 amide bonds. The molecule has 222 valence electrons. The van der Waals surface area contributed by atoms with Gasteiger partial charge in [-0.05, 0) is 63.7 Å². The Labute approximate surface area is 233 Å². The average Bonchev–Trinajstić information content (AvgIpc) is 3.33. The van der Waals surface area contributed by atoms with Crippen LogP contribution in [0.25, 0.3) is 10.9 Å². The second kappa shape index (κ2) is 16.6. The number of aromatic nitrogens is 1. The van der Waals surface area contributed by atoms with Gasteiger partial charge in [-0.2, -0.15) is 0 Å². The number of H-pyrrole nitrogens is 1. The van der Waals surface area contributed by atoms with Gasteiger partial charge in [0.1, 0.15) is 12.1 Å². The molecular weight excluding hydrogens is 518 g/mol. The van der Waals surface area contributed by atoms with Gasteiger partial charge in [0, 0.05) is 23.5 Å². The first-order valence-corrected chi connectivity index (χ1v) is 13.6. The third-order valence-electron chi connectivity index (χ3n) is 6.66. The number of carboxylic acids is 1. The Morgan fingerprint density at radius 2 is 1.48 bits per heavy atom. The van der Waals surface area contributed by atoms with E-state index in [1.165, 1.54) is 6.92 Å². The predicted octanol–water partition coefficient (Wildman–Crippen LogP) is -0.784. The van der Waals surface area contributed by atoms with E-state index in [1.54, 1.807) is 6.20 Å². The number of aromatic amines is 1. The van der Waals surface area contributed by atoms with Gasteiger partial charge in [0.05, 0.1) is 12.1 Å². The highest BCUT2D eigenvalue weighted by Crippen LogP contribution is 2.19. The molecule has 0 spiro atoms. The highest BCUT2D eigenvalue weighted by molar-refractivity contribution is 5.95. The fourth-order valence-corrected chi connectivity index (χ4v) is 4.32. The Kier molecular flexibility index (Phi) is 13.5. The van der Waals surface area contributed by atoms with Crippen molar-refractivity contribution in [2.24, 2.45) is 17.2 Å². The number of para-hydroxylation sites is 1.